The number of hydrogen-bond acceptors (Lipinski definition) is 3. The van der Waals surface area contributed by atoms with E-state index in [1.165, 1.54) is 24.3 Å². The minimum atomic E-state index is -5.03. The van der Waals surface area contributed by atoms with Crippen LogP contribution in [0.25, 0.3) is 0 Å². The minimum absolute atomic E-state index is 0.127. The second-order valence-corrected chi connectivity index (χ2v) is 5.09. The summed E-state index contributed by atoms with van der Waals surface area (Å²) in [7, 11) is -5.03. The van der Waals surface area contributed by atoms with Gasteiger partial charge in [0.1, 0.15) is 0 Å². The molecule has 0 fully saturated rings. The molecule has 88 valence electrons. The van der Waals surface area contributed by atoms with Crippen molar-refractivity contribution in [2.75, 3.05) is 6.61 Å². The Morgan fingerprint density at radius 3 is 2.06 bits per heavy atom. The first-order valence-electron chi connectivity index (χ1n) is 4.31. The van der Waals surface area contributed by atoms with E-state index in [0.717, 1.165) is 0 Å². The maximum absolute atomic E-state index is 11.3. The maximum Gasteiger partial charge on any atom is 0.349 e. The number of rotatable bonds is 4. The van der Waals surface area contributed by atoms with E-state index in [0.29, 0.717) is 0 Å². The normalized spacial score (nSPS) is 15.4. The van der Waals surface area contributed by atoms with Crippen LogP contribution in [-0.2, 0) is 14.5 Å². The zero-order chi connectivity index (χ0) is 12.4. The highest BCUT2D eigenvalue weighted by molar-refractivity contribution is 7.54. The molecule has 0 aliphatic rings. The van der Waals surface area contributed by atoms with Crippen LogP contribution < -0.4 is 0 Å². The molecule has 0 aliphatic heterocycles. The van der Waals surface area contributed by atoms with Gasteiger partial charge in [0.05, 0.1) is 6.61 Å². The smallest absolute Gasteiger partial charge is 0.349 e. The molecular weight excluding hydrogens is 235 g/mol. The third-order valence-electron chi connectivity index (χ3n) is 2.33. The lowest BCUT2D eigenvalue weighted by Gasteiger charge is -2.28. The van der Waals surface area contributed by atoms with E-state index in [2.05, 4.69) is 0 Å². The van der Waals surface area contributed by atoms with Crippen LogP contribution in [0.1, 0.15) is 5.56 Å². The molecule has 0 aliphatic carbocycles. The highest BCUT2D eigenvalue weighted by Gasteiger charge is 2.55. The standard InChI is InChI=1S/C9H11O6P/c10-6-9(8(11)12,16(13,14)15)7-4-2-1-3-5-7/h1-5,10H,6H2,(H,11,12)(H2,13,14,15). The van der Waals surface area contributed by atoms with Crippen molar-refractivity contribution >= 4 is 13.6 Å². The molecule has 0 saturated heterocycles. The number of aliphatic carboxylic acids is 1. The number of aliphatic hydroxyl groups is 1. The lowest BCUT2D eigenvalue weighted by Crippen LogP contribution is -2.39. The van der Waals surface area contributed by atoms with E-state index >= 15 is 0 Å². The number of aliphatic hydroxyl groups excluding tert-OH is 1. The molecule has 0 heterocycles. The summed E-state index contributed by atoms with van der Waals surface area (Å²) in [6.07, 6.45) is 0. The predicted octanol–water partition coefficient (Wildman–Crippen LogP) is 0.137. The average Bonchev–Trinajstić information content (AvgIpc) is 2.18. The molecule has 0 bridgehead atoms. The molecule has 1 aromatic rings. The van der Waals surface area contributed by atoms with Gasteiger partial charge in [-0.25, -0.2) is 0 Å². The van der Waals surface area contributed by atoms with Crippen molar-refractivity contribution in [3.8, 4) is 0 Å². The van der Waals surface area contributed by atoms with Crippen LogP contribution in [0.5, 0.6) is 0 Å². The topological polar surface area (TPSA) is 115 Å². The van der Waals surface area contributed by atoms with E-state index < -0.39 is 25.3 Å². The summed E-state index contributed by atoms with van der Waals surface area (Å²) in [5.74, 6) is -1.76. The highest BCUT2D eigenvalue weighted by Crippen LogP contribution is 2.56. The zero-order valence-corrected chi connectivity index (χ0v) is 9.04. The number of carbonyl (C=O) groups is 1. The SMILES string of the molecule is O=C(O)C(CO)(c1ccccc1)P(=O)(O)O. The molecule has 6 nitrogen and oxygen atoms in total. The summed E-state index contributed by atoms with van der Waals surface area (Å²) < 4.78 is 11.3. The third-order valence-corrected chi connectivity index (χ3v) is 3.92. The van der Waals surface area contributed by atoms with Crippen molar-refractivity contribution in [3.63, 3.8) is 0 Å². The van der Waals surface area contributed by atoms with Crippen LogP contribution in [0.4, 0.5) is 0 Å². The van der Waals surface area contributed by atoms with Crippen molar-refractivity contribution < 1.29 is 29.4 Å². The first-order valence-corrected chi connectivity index (χ1v) is 5.93. The van der Waals surface area contributed by atoms with Gasteiger partial charge in [0.25, 0.3) is 0 Å². The van der Waals surface area contributed by atoms with Crippen molar-refractivity contribution in [3.05, 3.63) is 35.9 Å². The molecule has 7 heteroatoms. The fraction of sp³-hybridized carbons (Fsp3) is 0.222. The van der Waals surface area contributed by atoms with E-state index in [9.17, 15) is 9.36 Å². The Labute approximate surface area is 91.3 Å². The fourth-order valence-electron chi connectivity index (χ4n) is 1.38. The number of benzene rings is 1. The van der Waals surface area contributed by atoms with Gasteiger partial charge in [-0.05, 0) is 5.56 Å². The van der Waals surface area contributed by atoms with Gasteiger partial charge in [0, 0.05) is 0 Å². The zero-order valence-electron chi connectivity index (χ0n) is 8.15. The molecular formula is C9H11O6P. The Morgan fingerprint density at radius 1 is 1.25 bits per heavy atom. The Balaban J connectivity index is 3.48. The highest BCUT2D eigenvalue weighted by atomic mass is 31.2. The first-order chi connectivity index (χ1) is 7.36. The maximum atomic E-state index is 11.3. The summed E-state index contributed by atoms with van der Waals surface area (Å²) in [4.78, 5) is 29.3. The van der Waals surface area contributed by atoms with Crippen LogP contribution >= 0.6 is 7.60 Å². The second-order valence-electron chi connectivity index (χ2n) is 3.23. The van der Waals surface area contributed by atoms with Crippen molar-refractivity contribution in [2.45, 2.75) is 5.16 Å². The van der Waals surface area contributed by atoms with Crippen molar-refractivity contribution in [1.82, 2.24) is 0 Å². The molecule has 0 spiro atoms. The summed E-state index contributed by atoms with van der Waals surface area (Å²) >= 11 is 0. The summed E-state index contributed by atoms with van der Waals surface area (Å²) in [5.41, 5.74) is -0.127. The first kappa shape index (κ1) is 12.9. The second kappa shape index (κ2) is 4.35. The van der Waals surface area contributed by atoms with Gasteiger partial charge in [-0.15, -0.1) is 0 Å². The van der Waals surface area contributed by atoms with Crippen LogP contribution in [0, 0.1) is 0 Å². The Hall–Kier alpha value is -1.20. The van der Waals surface area contributed by atoms with Gasteiger partial charge in [-0.2, -0.15) is 0 Å². The van der Waals surface area contributed by atoms with E-state index in [-0.39, 0.29) is 5.56 Å². The van der Waals surface area contributed by atoms with Crippen LogP contribution in [0.15, 0.2) is 30.3 Å². The molecule has 0 amide bonds. The van der Waals surface area contributed by atoms with Crippen LogP contribution in [-0.4, -0.2) is 32.6 Å². The Bertz CT molecular complexity index is 425. The number of carboxylic acid groups (broad SMARTS) is 1. The van der Waals surface area contributed by atoms with Crippen molar-refractivity contribution in [1.29, 1.82) is 0 Å². The Morgan fingerprint density at radius 2 is 1.75 bits per heavy atom. The van der Waals surface area contributed by atoms with Crippen LogP contribution in [0.2, 0.25) is 0 Å². The largest absolute Gasteiger partial charge is 0.480 e. The molecule has 1 unspecified atom stereocenters. The van der Waals surface area contributed by atoms with E-state index in [1.807, 2.05) is 0 Å². The van der Waals surface area contributed by atoms with Gasteiger partial charge in [-0.1, -0.05) is 30.3 Å². The molecule has 1 rings (SSSR count). The van der Waals surface area contributed by atoms with Crippen molar-refractivity contribution in [2.24, 2.45) is 0 Å². The molecule has 16 heavy (non-hydrogen) atoms. The molecule has 1 atom stereocenters. The van der Waals surface area contributed by atoms with E-state index in [4.69, 9.17) is 20.0 Å². The molecule has 0 saturated carbocycles. The fourth-order valence-corrected chi connectivity index (χ4v) is 2.30. The average molecular weight is 246 g/mol. The lowest BCUT2D eigenvalue weighted by molar-refractivity contribution is -0.142. The van der Waals surface area contributed by atoms with Gasteiger partial charge in [-0.3, -0.25) is 9.36 Å². The van der Waals surface area contributed by atoms with Crippen LogP contribution in [0.3, 0.4) is 0 Å². The molecule has 0 radical (unpaired) electrons. The molecule has 1 aromatic carbocycles. The number of hydrogen-bond donors (Lipinski definition) is 4. The quantitative estimate of drug-likeness (QED) is 0.561. The van der Waals surface area contributed by atoms with E-state index in [1.54, 1.807) is 6.07 Å². The monoisotopic (exact) mass is 246 g/mol. The van der Waals surface area contributed by atoms with Gasteiger partial charge in [0.2, 0.25) is 5.16 Å². The molecule has 4 N–H and O–H groups in total. The summed E-state index contributed by atoms with van der Waals surface area (Å²) in [6, 6.07) is 6.97. The molecule has 0 aromatic heterocycles. The van der Waals surface area contributed by atoms with Gasteiger partial charge < -0.3 is 20.0 Å². The van der Waals surface area contributed by atoms with Gasteiger partial charge in [0.15, 0.2) is 0 Å². The summed E-state index contributed by atoms with van der Waals surface area (Å²) in [5, 5.41) is 15.4. The predicted molar refractivity (Wildman–Crippen MR) is 54.9 cm³/mol. The minimum Gasteiger partial charge on any atom is -0.480 e. The lowest BCUT2D eigenvalue weighted by atomic mass is 9.99. The number of carboxylic acids is 1. The summed E-state index contributed by atoms with van der Waals surface area (Å²) in [6.45, 7) is -1.17. The van der Waals surface area contributed by atoms with Gasteiger partial charge >= 0.3 is 13.6 Å². The Kier molecular flexibility index (Phi) is 3.50. The third kappa shape index (κ3) is 1.88.